The fourth-order valence-electron chi connectivity index (χ4n) is 4.24. The summed E-state index contributed by atoms with van der Waals surface area (Å²) >= 11 is 0. The predicted molar refractivity (Wildman–Crippen MR) is 93.0 cm³/mol. The largest absolute Gasteiger partial charge is 0.371 e. The van der Waals surface area contributed by atoms with Gasteiger partial charge in [0, 0.05) is 25.1 Å². The Morgan fingerprint density at radius 3 is 2.68 bits per heavy atom. The SMILES string of the molecule is O=C([C@H]1CCO[C@H](c2ccccc2)O1)N1CCOC2(CCCCC2)C1. The van der Waals surface area contributed by atoms with Crippen molar-refractivity contribution in [2.24, 2.45) is 0 Å². The summed E-state index contributed by atoms with van der Waals surface area (Å²) in [5.74, 6) is 0.0949. The van der Waals surface area contributed by atoms with Crippen LogP contribution in [-0.2, 0) is 19.0 Å². The molecule has 2 atom stereocenters. The van der Waals surface area contributed by atoms with Gasteiger partial charge in [-0.3, -0.25) is 4.79 Å². The molecule has 1 aromatic carbocycles. The molecular formula is C20H27NO4. The third-order valence-electron chi connectivity index (χ3n) is 5.61. The molecule has 2 aliphatic heterocycles. The molecular weight excluding hydrogens is 318 g/mol. The zero-order valence-corrected chi connectivity index (χ0v) is 14.7. The van der Waals surface area contributed by atoms with Gasteiger partial charge in [-0.25, -0.2) is 0 Å². The van der Waals surface area contributed by atoms with Crippen molar-refractivity contribution < 1.29 is 19.0 Å². The fourth-order valence-corrected chi connectivity index (χ4v) is 4.24. The van der Waals surface area contributed by atoms with Crippen molar-refractivity contribution in [3.05, 3.63) is 35.9 Å². The zero-order chi connectivity index (χ0) is 17.1. The highest BCUT2D eigenvalue weighted by molar-refractivity contribution is 5.81. The lowest BCUT2D eigenvalue weighted by Gasteiger charge is -2.46. The molecule has 0 unspecified atom stereocenters. The van der Waals surface area contributed by atoms with Crippen LogP contribution in [0, 0.1) is 0 Å². The number of rotatable bonds is 2. The van der Waals surface area contributed by atoms with E-state index in [2.05, 4.69) is 0 Å². The Bertz CT molecular complexity index is 579. The molecule has 1 saturated carbocycles. The van der Waals surface area contributed by atoms with Gasteiger partial charge in [-0.2, -0.15) is 0 Å². The third-order valence-corrected chi connectivity index (χ3v) is 5.61. The van der Waals surface area contributed by atoms with Crippen LogP contribution in [0.1, 0.15) is 50.4 Å². The molecule has 0 N–H and O–H groups in total. The second-order valence-corrected chi connectivity index (χ2v) is 7.38. The molecule has 0 aromatic heterocycles. The average molecular weight is 345 g/mol. The van der Waals surface area contributed by atoms with Crippen molar-refractivity contribution in [3.63, 3.8) is 0 Å². The Hall–Kier alpha value is -1.43. The van der Waals surface area contributed by atoms with Gasteiger partial charge in [0.1, 0.15) is 6.10 Å². The lowest BCUT2D eigenvalue weighted by molar-refractivity contribution is -0.225. The molecule has 1 amide bonds. The second kappa shape index (κ2) is 7.44. The van der Waals surface area contributed by atoms with Gasteiger partial charge in [-0.1, -0.05) is 49.6 Å². The van der Waals surface area contributed by atoms with E-state index in [-0.39, 0.29) is 11.5 Å². The number of amides is 1. The molecule has 0 radical (unpaired) electrons. The van der Waals surface area contributed by atoms with E-state index in [0.717, 1.165) is 18.4 Å². The number of hydrogen-bond donors (Lipinski definition) is 0. The predicted octanol–water partition coefficient (Wildman–Crippen LogP) is 3.05. The number of nitrogens with zero attached hydrogens (tertiary/aromatic N) is 1. The van der Waals surface area contributed by atoms with E-state index in [4.69, 9.17) is 14.2 Å². The Balaban J connectivity index is 1.41. The van der Waals surface area contributed by atoms with Crippen LogP contribution in [0.15, 0.2) is 30.3 Å². The first-order chi connectivity index (χ1) is 12.3. The highest BCUT2D eigenvalue weighted by atomic mass is 16.7. The Labute approximate surface area is 149 Å². The number of morpholine rings is 1. The zero-order valence-electron chi connectivity index (χ0n) is 14.7. The monoisotopic (exact) mass is 345 g/mol. The van der Waals surface area contributed by atoms with E-state index < -0.39 is 12.4 Å². The molecule has 1 aliphatic carbocycles. The van der Waals surface area contributed by atoms with Gasteiger partial charge in [-0.05, 0) is 12.8 Å². The third kappa shape index (κ3) is 3.73. The second-order valence-electron chi connectivity index (χ2n) is 7.38. The van der Waals surface area contributed by atoms with Crippen molar-refractivity contribution in [2.75, 3.05) is 26.3 Å². The molecule has 4 rings (SSSR count). The molecule has 0 bridgehead atoms. The number of ether oxygens (including phenoxy) is 3. The van der Waals surface area contributed by atoms with Crippen LogP contribution in [0.2, 0.25) is 0 Å². The highest BCUT2D eigenvalue weighted by Crippen LogP contribution is 2.35. The van der Waals surface area contributed by atoms with E-state index in [0.29, 0.717) is 32.7 Å². The van der Waals surface area contributed by atoms with Crippen LogP contribution >= 0.6 is 0 Å². The van der Waals surface area contributed by atoms with Crippen molar-refractivity contribution in [1.29, 1.82) is 0 Å². The number of carbonyl (C=O) groups is 1. The first kappa shape index (κ1) is 17.0. The maximum atomic E-state index is 13.0. The molecule has 3 aliphatic rings. The summed E-state index contributed by atoms with van der Waals surface area (Å²) in [6, 6.07) is 9.84. The van der Waals surface area contributed by atoms with Gasteiger partial charge >= 0.3 is 0 Å². The van der Waals surface area contributed by atoms with Crippen LogP contribution in [-0.4, -0.2) is 48.8 Å². The van der Waals surface area contributed by atoms with E-state index in [1.54, 1.807) is 0 Å². The first-order valence-corrected chi connectivity index (χ1v) is 9.51. The molecule has 136 valence electrons. The number of benzene rings is 1. The van der Waals surface area contributed by atoms with Crippen LogP contribution in [0.5, 0.6) is 0 Å². The summed E-state index contributed by atoms with van der Waals surface area (Å²) in [6.45, 7) is 2.56. The van der Waals surface area contributed by atoms with Crippen molar-refractivity contribution >= 4 is 5.91 Å². The number of carbonyl (C=O) groups excluding carboxylic acids is 1. The summed E-state index contributed by atoms with van der Waals surface area (Å²) in [7, 11) is 0. The Morgan fingerprint density at radius 1 is 1.08 bits per heavy atom. The molecule has 2 heterocycles. The van der Waals surface area contributed by atoms with Gasteiger partial charge in [-0.15, -0.1) is 0 Å². The van der Waals surface area contributed by atoms with E-state index in [1.807, 2.05) is 35.2 Å². The van der Waals surface area contributed by atoms with E-state index in [9.17, 15) is 4.79 Å². The Morgan fingerprint density at radius 2 is 1.88 bits per heavy atom. The minimum absolute atomic E-state index is 0.0949. The lowest BCUT2D eigenvalue weighted by Crippen LogP contribution is -2.57. The lowest BCUT2D eigenvalue weighted by atomic mass is 9.83. The van der Waals surface area contributed by atoms with Crippen LogP contribution in [0.3, 0.4) is 0 Å². The molecule has 25 heavy (non-hydrogen) atoms. The summed E-state index contributed by atoms with van der Waals surface area (Å²) in [4.78, 5) is 15.0. The molecule has 1 spiro atoms. The van der Waals surface area contributed by atoms with Gasteiger partial charge in [0.05, 0.1) is 18.8 Å². The average Bonchev–Trinajstić information content (AvgIpc) is 2.69. The van der Waals surface area contributed by atoms with Crippen molar-refractivity contribution in [1.82, 2.24) is 4.90 Å². The molecule has 2 saturated heterocycles. The quantitative estimate of drug-likeness (QED) is 0.827. The summed E-state index contributed by atoms with van der Waals surface area (Å²) in [5.41, 5.74) is 0.849. The van der Waals surface area contributed by atoms with Gasteiger partial charge in [0.25, 0.3) is 5.91 Å². The summed E-state index contributed by atoms with van der Waals surface area (Å²) in [6.07, 6.45) is 5.56. The highest BCUT2D eigenvalue weighted by Gasteiger charge is 2.41. The normalized spacial score (nSPS) is 29.5. The van der Waals surface area contributed by atoms with Gasteiger partial charge in [0.15, 0.2) is 6.29 Å². The summed E-state index contributed by atoms with van der Waals surface area (Å²) < 4.78 is 17.8. The minimum atomic E-state index is -0.450. The van der Waals surface area contributed by atoms with Gasteiger partial charge < -0.3 is 19.1 Å². The maximum Gasteiger partial charge on any atom is 0.252 e. The molecule has 3 fully saturated rings. The van der Waals surface area contributed by atoms with Crippen LogP contribution < -0.4 is 0 Å². The van der Waals surface area contributed by atoms with Crippen molar-refractivity contribution in [3.8, 4) is 0 Å². The minimum Gasteiger partial charge on any atom is -0.371 e. The maximum absolute atomic E-state index is 13.0. The standard InChI is InChI=1S/C20H27NO4/c22-18(21-12-14-24-20(15-21)10-5-2-6-11-20)17-9-13-23-19(25-17)16-7-3-1-4-8-16/h1,3-4,7-8,17,19H,2,5-6,9-15H2/t17-,19+/m1/s1. The van der Waals surface area contributed by atoms with Crippen molar-refractivity contribution in [2.45, 2.75) is 56.5 Å². The van der Waals surface area contributed by atoms with Gasteiger partial charge in [0.2, 0.25) is 0 Å². The molecule has 5 heteroatoms. The fraction of sp³-hybridized carbons (Fsp3) is 0.650. The summed E-state index contributed by atoms with van der Waals surface area (Å²) in [5, 5.41) is 0. The number of hydrogen-bond acceptors (Lipinski definition) is 4. The Kier molecular flexibility index (Phi) is 5.06. The van der Waals surface area contributed by atoms with Crippen LogP contribution in [0.4, 0.5) is 0 Å². The van der Waals surface area contributed by atoms with E-state index >= 15 is 0 Å². The van der Waals surface area contributed by atoms with Crippen LogP contribution in [0.25, 0.3) is 0 Å². The first-order valence-electron chi connectivity index (χ1n) is 9.51. The topological polar surface area (TPSA) is 48.0 Å². The molecule has 1 aromatic rings. The molecule has 5 nitrogen and oxygen atoms in total. The van der Waals surface area contributed by atoms with E-state index in [1.165, 1.54) is 19.3 Å². The smallest absolute Gasteiger partial charge is 0.252 e.